The fourth-order valence-corrected chi connectivity index (χ4v) is 2.85. The summed E-state index contributed by atoms with van der Waals surface area (Å²) in [6, 6.07) is 10.6. The summed E-state index contributed by atoms with van der Waals surface area (Å²) in [5.74, 6) is -0.0437. The molecule has 8 heteroatoms. The number of methoxy groups -OCH3 is 2. The van der Waals surface area contributed by atoms with Crippen molar-refractivity contribution in [2.24, 2.45) is 0 Å². The van der Waals surface area contributed by atoms with E-state index < -0.39 is 17.5 Å². The lowest BCUT2D eigenvalue weighted by atomic mass is 10.1. The Labute approximate surface area is 178 Å². The molecule has 0 bridgehead atoms. The third-order valence-corrected chi connectivity index (χ3v) is 4.77. The van der Waals surface area contributed by atoms with Crippen LogP contribution in [0.5, 0.6) is 17.2 Å². The Morgan fingerprint density at radius 2 is 1.77 bits per heavy atom. The van der Waals surface area contributed by atoms with Crippen LogP contribution < -0.4 is 25.2 Å². The molecule has 0 spiro atoms. The van der Waals surface area contributed by atoms with E-state index in [0.29, 0.717) is 16.9 Å². The highest BCUT2D eigenvalue weighted by Gasteiger charge is 2.17. The van der Waals surface area contributed by atoms with Gasteiger partial charge in [0.05, 0.1) is 19.8 Å². The first kappa shape index (κ1) is 21.9. The van der Waals surface area contributed by atoms with Crippen molar-refractivity contribution in [1.29, 1.82) is 0 Å². The highest BCUT2D eigenvalue weighted by atomic mass is 16.5. The molecule has 31 heavy (non-hydrogen) atoms. The molecule has 0 saturated carbocycles. The summed E-state index contributed by atoms with van der Waals surface area (Å²) < 4.78 is 21.0. The monoisotopic (exact) mass is 425 g/mol. The number of carbonyl (C=O) groups excluding carboxylic acids is 2. The number of rotatable bonds is 7. The molecule has 8 nitrogen and oxygen atoms in total. The fourth-order valence-electron chi connectivity index (χ4n) is 2.85. The molecule has 2 aromatic carbocycles. The topological polar surface area (TPSA) is 104 Å². The summed E-state index contributed by atoms with van der Waals surface area (Å²) in [6.07, 6.45) is 0.736. The van der Waals surface area contributed by atoms with Gasteiger partial charge in [-0.1, -0.05) is 6.92 Å². The normalized spacial score (nSPS) is 11.6. The predicted molar refractivity (Wildman–Crippen MR) is 114 cm³/mol. The quantitative estimate of drug-likeness (QED) is 0.351. The first-order valence-electron chi connectivity index (χ1n) is 9.69. The van der Waals surface area contributed by atoms with Crippen LogP contribution in [0.3, 0.4) is 0 Å². The van der Waals surface area contributed by atoms with Gasteiger partial charge in [0, 0.05) is 17.5 Å². The number of fused-ring (bicyclic) bond motifs is 1. The van der Waals surface area contributed by atoms with Gasteiger partial charge in [-0.15, -0.1) is 0 Å². The predicted octanol–water partition coefficient (Wildman–Crippen LogP) is 3.56. The molecule has 1 heterocycles. The van der Waals surface area contributed by atoms with Gasteiger partial charge in [-0.05, 0) is 49.7 Å². The lowest BCUT2D eigenvalue weighted by molar-refractivity contribution is 0.0734. The lowest BCUT2D eigenvalue weighted by Gasteiger charge is -2.11. The van der Waals surface area contributed by atoms with Gasteiger partial charge in [-0.25, -0.2) is 9.59 Å². The molecule has 0 aliphatic heterocycles. The van der Waals surface area contributed by atoms with E-state index in [4.69, 9.17) is 18.6 Å². The van der Waals surface area contributed by atoms with Gasteiger partial charge in [0.2, 0.25) is 0 Å². The Bertz CT molecular complexity index is 1180. The van der Waals surface area contributed by atoms with E-state index in [9.17, 15) is 14.4 Å². The Balaban J connectivity index is 1.84. The SMILES string of the molecule is CCC(C)NC(=O)c1cc2ccc(OC(=O)c3ccc(OC)c(OC)c3)cc2oc1=O. The maximum absolute atomic E-state index is 12.5. The number of ether oxygens (including phenoxy) is 3. The van der Waals surface area contributed by atoms with Gasteiger partial charge in [-0.2, -0.15) is 0 Å². The highest BCUT2D eigenvalue weighted by Crippen LogP contribution is 2.28. The average Bonchev–Trinajstić information content (AvgIpc) is 2.77. The van der Waals surface area contributed by atoms with E-state index in [1.165, 1.54) is 32.4 Å². The van der Waals surface area contributed by atoms with Crippen molar-refractivity contribution in [3.8, 4) is 17.2 Å². The number of hydrogen-bond acceptors (Lipinski definition) is 7. The number of nitrogens with one attached hydrogen (secondary N) is 1. The second-order valence-electron chi connectivity index (χ2n) is 6.89. The van der Waals surface area contributed by atoms with Crippen molar-refractivity contribution >= 4 is 22.8 Å². The second-order valence-corrected chi connectivity index (χ2v) is 6.89. The maximum Gasteiger partial charge on any atom is 0.349 e. The zero-order chi connectivity index (χ0) is 22.5. The molecule has 1 unspecified atom stereocenters. The van der Waals surface area contributed by atoms with Crippen LogP contribution in [-0.4, -0.2) is 32.1 Å². The zero-order valence-electron chi connectivity index (χ0n) is 17.7. The summed E-state index contributed by atoms with van der Waals surface area (Å²) in [7, 11) is 2.97. The molecule has 3 rings (SSSR count). The molecular weight excluding hydrogens is 402 g/mol. The van der Waals surface area contributed by atoms with Gasteiger partial charge in [-0.3, -0.25) is 4.79 Å². The lowest BCUT2D eigenvalue weighted by Crippen LogP contribution is -2.34. The van der Waals surface area contributed by atoms with Crippen molar-refractivity contribution in [3.05, 3.63) is 64.0 Å². The third kappa shape index (κ3) is 4.85. The van der Waals surface area contributed by atoms with E-state index >= 15 is 0 Å². The van der Waals surface area contributed by atoms with E-state index in [-0.39, 0.29) is 28.5 Å². The van der Waals surface area contributed by atoms with Crippen LogP contribution in [-0.2, 0) is 0 Å². The van der Waals surface area contributed by atoms with Gasteiger partial charge < -0.3 is 23.9 Å². The van der Waals surface area contributed by atoms with Crippen molar-refractivity contribution in [3.63, 3.8) is 0 Å². The van der Waals surface area contributed by atoms with Crippen molar-refractivity contribution < 1.29 is 28.2 Å². The van der Waals surface area contributed by atoms with E-state index in [1.54, 1.807) is 24.3 Å². The molecular formula is C23H23NO7. The summed E-state index contributed by atoms with van der Waals surface area (Å²) in [6.45, 7) is 3.78. The largest absolute Gasteiger partial charge is 0.493 e. The Morgan fingerprint density at radius 3 is 2.45 bits per heavy atom. The summed E-state index contributed by atoms with van der Waals surface area (Å²) in [4.78, 5) is 37.1. The first-order valence-corrected chi connectivity index (χ1v) is 9.69. The van der Waals surface area contributed by atoms with Crippen LogP contribution in [0.1, 0.15) is 41.0 Å². The maximum atomic E-state index is 12.5. The van der Waals surface area contributed by atoms with Crippen molar-refractivity contribution in [2.45, 2.75) is 26.3 Å². The zero-order valence-corrected chi connectivity index (χ0v) is 17.7. The number of hydrogen-bond donors (Lipinski definition) is 1. The average molecular weight is 425 g/mol. The molecule has 0 aliphatic carbocycles. The number of amides is 1. The Morgan fingerprint density at radius 1 is 1.03 bits per heavy atom. The van der Waals surface area contributed by atoms with Gasteiger partial charge >= 0.3 is 11.6 Å². The molecule has 1 amide bonds. The van der Waals surface area contributed by atoms with Gasteiger partial charge in [0.15, 0.2) is 11.5 Å². The Hall–Kier alpha value is -3.81. The summed E-state index contributed by atoms with van der Waals surface area (Å²) in [5, 5.41) is 3.26. The molecule has 1 N–H and O–H groups in total. The number of esters is 1. The van der Waals surface area contributed by atoms with Crippen LogP contribution in [0.25, 0.3) is 11.0 Å². The van der Waals surface area contributed by atoms with Crippen LogP contribution in [0, 0.1) is 0 Å². The van der Waals surface area contributed by atoms with Crippen LogP contribution in [0.2, 0.25) is 0 Å². The van der Waals surface area contributed by atoms with E-state index in [2.05, 4.69) is 5.32 Å². The van der Waals surface area contributed by atoms with Gasteiger partial charge in [0.25, 0.3) is 5.91 Å². The van der Waals surface area contributed by atoms with Crippen LogP contribution >= 0.6 is 0 Å². The summed E-state index contributed by atoms with van der Waals surface area (Å²) >= 11 is 0. The summed E-state index contributed by atoms with van der Waals surface area (Å²) in [5.41, 5.74) is -0.390. The molecule has 0 saturated heterocycles. The highest BCUT2D eigenvalue weighted by molar-refractivity contribution is 5.97. The standard InChI is InChI=1S/C23H23NO7/c1-5-13(2)24-21(25)17-10-14-6-8-16(12-19(14)31-23(17)27)30-22(26)15-7-9-18(28-3)20(11-15)29-4/h6-13H,5H2,1-4H3,(H,24,25). The fraction of sp³-hybridized carbons (Fsp3) is 0.261. The minimum atomic E-state index is -0.767. The number of carbonyl (C=O) groups is 2. The Kier molecular flexibility index (Phi) is 6.59. The minimum absolute atomic E-state index is 0.0686. The molecule has 162 valence electrons. The number of benzene rings is 2. The van der Waals surface area contributed by atoms with Crippen molar-refractivity contribution in [1.82, 2.24) is 5.32 Å². The minimum Gasteiger partial charge on any atom is -0.493 e. The molecule has 0 radical (unpaired) electrons. The van der Waals surface area contributed by atoms with Gasteiger partial charge in [0.1, 0.15) is 16.9 Å². The molecule has 0 fully saturated rings. The molecule has 0 aliphatic rings. The third-order valence-electron chi connectivity index (χ3n) is 4.77. The van der Waals surface area contributed by atoms with E-state index in [1.807, 2.05) is 13.8 Å². The molecule has 3 aromatic rings. The van der Waals surface area contributed by atoms with E-state index in [0.717, 1.165) is 6.42 Å². The van der Waals surface area contributed by atoms with Crippen molar-refractivity contribution in [2.75, 3.05) is 14.2 Å². The molecule has 1 aromatic heterocycles. The van der Waals surface area contributed by atoms with Crippen LogP contribution in [0.15, 0.2) is 51.7 Å². The van der Waals surface area contributed by atoms with Crippen LogP contribution in [0.4, 0.5) is 0 Å². The second kappa shape index (κ2) is 9.34. The molecule has 1 atom stereocenters. The smallest absolute Gasteiger partial charge is 0.349 e. The first-order chi connectivity index (χ1) is 14.9.